The number of hydrogen-bond acceptors (Lipinski definition) is 8. The zero-order valence-corrected chi connectivity index (χ0v) is 22.3. The zero-order chi connectivity index (χ0) is 27.7. The summed E-state index contributed by atoms with van der Waals surface area (Å²) in [6.45, 7) is 3.65. The van der Waals surface area contributed by atoms with E-state index in [1.54, 1.807) is 26.2 Å². The number of nitrogens with one attached hydrogen (secondary N) is 2. The van der Waals surface area contributed by atoms with Gasteiger partial charge in [-0.25, -0.2) is 9.97 Å². The van der Waals surface area contributed by atoms with E-state index in [9.17, 15) is 14.7 Å². The number of aromatic nitrogens is 5. The van der Waals surface area contributed by atoms with E-state index in [0.717, 1.165) is 16.7 Å². The number of rotatable bonds is 8. The second kappa shape index (κ2) is 10.8. The monoisotopic (exact) mass is 546 g/mol. The van der Waals surface area contributed by atoms with Crippen LogP contribution in [-0.4, -0.2) is 59.4 Å². The third-order valence-electron chi connectivity index (χ3n) is 6.59. The van der Waals surface area contributed by atoms with E-state index < -0.39 is 12.1 Å². The molecule has 2 aromatic carbocycles. The molecule has 2 amide bonds. The Kier molecular flexibility index (Phi) is 7.27. The van der Waals surface area contributed by atoms with Crippen LogP contribution in [0.4, 0.5) is 11.8 Å². The number of aryl methyl sites for hydroxylation is 2. The van der Waals surface area contributed by atoms with Gasteiger partial charge >= 0.3 is 0 Å². The summed E-state index contributed by atoms with van der Waals surface area (Å²) in [4.78, 5) is 38.1. The Morgan fingerprint density at radius 2 is 2.03 bits per heavy atom. The van der Waals surface area contributed by atoms with Crippen molar-refractivity contribution in [1.29, 1.82) is 0 Å². The number of halogens is 1. The molecule has 0 saturated heterocycles. The second-order valence-electron chi connectivity index (χ2n) is 9.37. The number of aliphatic hydroxyl groups is 1. The number of fused-ring (bicyclic) bond motifs is 1. The highest BCUT2D eigenvalue weighted by atomic mass is 35.5. The lowest BCUT2D eigenvalue weighted by Crippen LogP contribution is -2.46. The van der Waals surface area contributed by atoms with E-state index in [1.165, 1.54) is 15.9 Å². The number of anilines is 2. The van der Waals surface area contributed by atoms with E-state index in [-0.39, 0.29) is 30.9 Å². The molecular formula is C27H27ClN8O3. The molecule has 5 rings (SSSR count). The SMILES string of the molecule is Cc1cccc(C(CO)NC(=O)C(C)N2Cc3ccc(-c4nc(Nc5cnn(C)n5)ncc4Cl)cc3C2=O)c1. The molecule has 0 fully saturated rings. The van der Waals surface area contributed by atoms with Crippen molar-refractivity contribution in [2.45, 2.75) is 32.5 Å². The summed E-state index contributed by atoms with van der Waals surface area (Å²) < 4.78 is 0. The molecule has 1 aliphatic rings. The van der Waals surface area contributed by atoms with Crippen LogP contribution in [0, 0.1) is 6.92 Å². The van der Waals surface area contributed by atoms with Gasteiger partial charge < -0.3 is 20.6 Å². The fraction of sp³-hybridized carbons (Fsp3) is 0.259. The first-order valence-electron chi connectivity index (χ1n) is 12.3. The van der Waals surface area contributed by atoms with E-state index in [0.29, 0.717) is 27.7 Å². The van der Waals surface area contributed by atoms with Crippen molar-refractivity contribution < 1.29 is 14.7 Å². The number of benzene rings is 2. The normalized spacial score (nSPS) is 14.2. The summed E-state index contributed by atoms with van der Waals surface area (Å²) in [7, 11) is 1.70. The van der Waals surface area contributed by atoms with Crippen molar-refractivity contribution in [3.63, 3.8) is 0 Å². The number of nitrogens with zero attached hydrogens (tertiary/aromatic N) is 6. The molecule has 0 spiro atoms. The Morgan fingerprint density at radius 3 is 2.74 bits per heavy atom. The van der Waals surface area contributed by atoms with Gasteiger partial charge in [0.15, 0.2) is 5.82 Å². The number of amides is 2. The van der Waals surface area contributed by atoms with Gasteiger partial charge in [0.05, 0.1) is 35.8 Å². The second-order valence-corrected chi connectivity index (χ2v) is 9.78. The molecule has 3 N–H and O–H groups in total. The van der Waals surface area contributed by atoms with Gasteiger partial charge in [-0.2, -0.15) is 9.90 Å². The molecule has 2 unspecified atom stereocenters. The van der Waals surface area contributed by atoms with Gasteiger partial charge in [-0.05, 0) is 31.0 Å². The average molecular weight is 547 g/mol. The maximum atomic E-state index is 13.4. The summed E-state index contributed by atoms with van der Waals surface area (Å²) in [5.74, 6) is 0.133. The average Bonchev–Trinajstić information content (AvgIpc) is 3.49. The minimum absolute atomic E-state index is 0.257. The fourth-order valence-corrected chi connectivity index (χ4v) is 4.69. The van der Waals surface area contributed by atoms with Gasteiger partial charge in [-0.1, -0.05) is 53.6 Å². The lowest BCUT2D eigenvalue weighted by molar-refractivity contribution is -0.126. The van der Waals surface area contributed by atoms with Crippen LogP contribution < -0.4 is 10.6 Å². The van der Waals surface area contributed by atoms with Gasteiger partial charge in [0.1, 0.15) is 6.04 Å². The van der Waals surface area contributed by atoms with Crippen LogP contribution in [0.2, 0.25) is 5.02 Å². The van der Waals surface area contributed by atoms with E-state index in [4.69, 9.17) is 11.6 Å². The molecule has 2 aromatic heterocycles. The van der Waals surface area contributed by atoms with Crippen LogP contribution in [0.5, 0.6) is 0 Å². The van der Waals surface area contributed by atoms with Crippen LogP contribution in [0.1, 0.15) is 40.0 Å². The topological polar surface area (TPSA) is 138 Å². The standard InChI is InChI=1S/C27H27ClN8O3/c1-15-5-4-6-17(9-15)22(14-37)31-25(38)16(2)36-13-19-8-7-18(10-20(19)26(36)39)24-21(28)11-29-27(33-24)32-23-12-30-35(3)34-23/h4-12,16,22,37H,13-14H2,1-3H3,(H,31,38)(H,29,32,33,34). The zero-order valence-electron chi connectivity index (χ0n) is 21.6. The maximum absolute atomic E-state index is 13.4. The number of hydrogen-bond donors (Lipinski definition) is 3. The van der Waals surface area contributed by atoms with Crippen molar-refractivity contribution in [1.82, 2.24) is 35.2 Å². The van der Waals surface area contributed by atoms with Gasteiger partial charge in [0.25, 0.3) is 5.91 Å². The summed E-state index contributed by atoms with van der Waals surface area (Å²) in [6.07, 6.45) is 3.02. The Labute approximate surface area is 229 Å². The molecule has 0 radical (unpaired) electrons. The smallest absolute Gasteiger partial charge is 0.255 e. The van der Waals surface area contributed by atoms with Crippen molar-refractivity contribution in [2.24, 2.45) is 7.05 Å². The van der Waals surface area contributed by atoms with Crippen molar-refractivity contribution in [2.75, 3.05) is 11.9 Å². The quantitative estimate of drug-likeness (QED) is 0.306. The van der Waals surface area contributed by atoms with Crippen LogP contribution in [0.3, 0.4) is 0 Å². The molecule has 4 aromatic rings. The fourth-order valence-electron chi connectivity index (χ4n) is 4.49. The van der Waals surface area contributed by atoms with Crippen LogP contribution >= 0.6 is 11.6 Å². The molecule has 2 atom stereocenters. The predicted molar refractivity (Wildman–Crippen MR) is 145 cm³/mol. The molecule has 12 heteroatoms. The first-order valence-corrected chi connectivity index (χ1v) is 12.7. The first kappa shape index (κ1) is 26.3. The molecule has 0 saturated carbocycles. The minimum atomic E-state index is -0.752. The van der Waals surface area contributed by atoms with Crippen LogP contribution in [-0.2, 0) is 18.4 Å². The number of carbonyl (C=O) groups excluding carboxylic acids is 2. The highest BCUT2D eigenvalue weighted by Crippen LogP contribution is 2.32. The highest BCUT2D eigenvalue weighted by molar-refractivity contribution is 6.33. The van der Waals surface area contributed by atoms with Gasteiger partial charge in [0.2, 0.25) is 11.9 Å². The molecule has 0 aliphatic carbocycles. The van der Waals surface area contributed by atoms with E-state index >= 15 is 0 Å². The van der Waals surface area contributed by atoms with Crippen molar-refractivity contribution >= 4 is 35.2 Å². The molecule has 39 heavy (non-hydrogen) atoms. The first-order chi connectivity index (χ1) is 18.7. The Hall–Kier alpha value is -4.35. The lowest BCUT2D eigenvalue weighted by Gasteiger charge is -2.26. The summed E-state index contributed by atoms with van der Waals surface area (Å²) in [5.41, 5.74) is 4.17. The van der Waals surface area contributed by atoms with E-state index in [1.807, 2.05) is 43.3 Å². The Bertz CT molecular complexity index is 1560. The Morgan fingerprint density at radius 1 is 1.21 bits per heavy atom. The summed E-state index contributed by atoms with van der Waals surface area (Å²) >= 11 is 6.41. The third kappa shape index (κ3) is 5.45. The highest BCUT2D eigenvalue weighted by Gasteiger charge is 2.35. The third-order valence-corrected chi connectivity index (χ3v) is 6.87. The maximum Gasteiger partial charge on any atom is 0.255 e. The number of carbonyl (C=O) groups is 2. The summed E-state index contributed by atoms with van der Waals surface area (Å²) in [5, 5.41) is 24.2. The molecule has 3 heterocycles. The summed E-state index contributed by atoms with van der Waals surface area (Å²) in [6, 6.07) is 11.7. The molecular weight excluding hydrogens is 520 g/mol. The van der Waals surface area contributed by atoms with Crippen LogP contribution in [0.25, 0.3) is 11.3 Å². The molecule has 11 nitrogen and oxygen atoms in total. The lowest BCUT2D eigenvalue weighted by atomic mass is 10.0. The molecule has 0 bridgehead atoms. The van der Waals surface area contributed by atoms with Crippen LogP contribution in [0.15, 0.2) is 54.9 Å². The van der Waals surface area contributed by atoms with Gasteiger partial charge in [-0.15, -0.1) is 5.10 Å². The van der Waals surface area contributed by atoms with E-state index in [2.05, 4.69) is 30.8 Å². The van der Waals surface area contributed by atoms with Gasteiger partial charge in [-0.3, -0.25) is 9.59 Å². The molecule has 200 valence electrons. The largest absolute Gasteiger partial charge is 0.394 e. The van der Waals surface area contributed by atoms with Gasteiger partial charge in [0, 0.05) is 24.7 Å². The molecule has 1 aliphatic heterocycles. The predicted octanol–water partition coefficient (Wildman–Crippen LogP) is 3.17. The van der Waals surface area contributed by atoms with Crippen molar-refractivity contribution in [3.05, 3.63) is 82.1 Å². The Balaban J connectivity index is 1.33. The van der Waals surface area contributed by atoms with Crippen molar-refractivity contribution in [3.8, 4) is 11.3 Å². The number of aliphatic hydroxyl groups excluding tert-OH is 1. The minimum Gasteiger partial charge on any atom is -0.394 e.